The van der Waals surface area contributed by atoms with E-state index in [-0.39, 0.29) is 17.7 Å². The third kappa shape index (κ3) is 3.24. The van der Waals surface area contributed by atoms with Crippen LogP contribution in [-0.2, 0) is 22.6 Å². The second-order valence-electron chi connectivity index (χ2n) is 7.38. The van der Waals surface area contributed by atoms with Crippen molar-refractivity contribution < 1.29 is 9.59 Å². The molecule has 134 valence electrons. The molecule has 0 saturated carbocycles. The Bertz CT molecular complexity index is 828. The first-order valence-electron chi connectivity index (χ1n) is 9.34. The zero-order chi connectivity index (χ0) is 18.1. The maximum atomic E-state index is 13.1. The topological polar surface area (TPSA) is 40.6 Å². The van der Waals surface area contributed by atoms with Crippen LogP contribution in [0, 0.1) is 12.8 Å². The van der Waals surface area contributed by atoms with Crippen molar-refractivity contribution in [2.75, 3.05) is 18.0 Å². The first kappa shape index (κ1) is 16.8. The van der Waals surface area contributed by atoms with Gasteiger partial charge in [-0.05, 0) is 37.0 Å². The Balaban J connectivity index is 1.47. The molecule has 2 amide bonds. The third-order valence-corrected chi connectivity index (χ3v) is 5.43. The largest absolute Gasteiger partial charge is 0.338 e. The molecule has 0 aliphatic carbocycles. The van der Waals surface area contributed by atoms with Gasteiger partial charge in [-0.2, -0.15) is 0 Å². The number of para-hydroxylation sites is 1. The fourth-order valence-electron chi connectivity index (χ4n) is 3.99. The molecular weight excluding hydrogens is 324 g/mol. The lowest BCUT2D eigenvalue weighted by atomic mass is 9.99. The second-order valence-corrected chi connectivity index (χ2v) is 7.38. The number of rotatable bonds is 3. The molecule has 0 N–H and O–H groups in total. The monoisotopic (exact) mass is 348 g/mol. The lowest BCUT2D eigenvalue weighted by molar-refractivity contribution is -0.128. The van der Waals surface area contributed by atoms with Crippen molar-refractivity contribution in [1.29, 1.82) is 0 Å². The minimum absolute atomic E-state index is 0.0780. The van der Waals surface area contributed by atoms with Crippen LogP contribution in [-0.4, -0.2) is 29.8 Å². The van der Waals surface area contributed by atoms with Gasteiger partial charge in [0.05, 0.1) is 5.92 Å². The lowest BCUT2D eigenvalue weighted by Gasteiger charge is -2.31. The fraction of sp³-hybridized carbons (Fsp3) is 0.364. The van der Waals surface area contributed by atoms with Crippen molar-refractivity contribution in [3.63, 3.8) is 0 Å². The highest BCUT2D eigenvalue weighted by molar-refractivity contribution is 5.99. The van der Waals surface area contributed by atoms with Gasteiger partial charge in [0.2, 0.25) is 11.8 Å². The third-order valence-electron chi connectivity index (χ3n) is 5.43. The highest BCUT2D eigenvalue weighted by Gasteiger charge is 2.37. The van der Waals surface area contributed by atoms with Crippen molar-refractivity contribution >= 4 is 17.5 Å². The van der Waals surface area contributed by atoms with E-state index in [0.29, 0.717) is 19.5 Å². The van der Waals surface area contributed by atoms with Gasteiger partial charge in [-0.15, -0.1) is 0 Å². The van der Waals surface area contributed by atoms with Gasteiger partial charge < -0.3 is 9.80 Å². The number of amides is 2. The molecule has 1 atom stereocenters. The Morgan fingerprint density at radius 2 is 1.88 bits per heavy atom. The molecule has 26 heavy (non-hydrogen) atoms. The summed E-state index contributed by atoms with van der Waals surface area (Å²) < 4.78 is 0. The minimum atomic E-state index is -0.237. The molecule has 2 aromatic carbocycles. The van der Waals surface area contributed by atoms with Gasteiger partial charge in [0.1, 0.15) is 0 Å². The van der Waals surface area contributed by atoms with Crippen LogP contribution >= 0.6 is 0 Å². The Morgan fingerprint density at radius 1 is 1.12 bits per heavy atom. The normalized spacial score (nSPS) is 19.6. The summed E-state index contributed by atoms with van der Waals surface area (Å²) in [5.41, 5.74) is 4.57. The van der Waals surface area contributed by atoms with E-state index in [4.69, 9.17) is 0 Å². The van der Waals surface area contributed by atoms with Crippen LogP contribution in [0.2, 0.25) is 0 Å². The number of carbonyl (C=O) groups excluding carboxylic acids is 2. The molecule has 1 fully saturated rings. The smallest absolute Gasteiger partial charge is 0.232 e. The molecule has 4 nitrogen and oxygen atoms in total. The van der Waals surface area contributed by atoms with E-state index in [1.54, 1.807) is 0 Å². The maximum Gasteiger partial charge on any atom is 0.232 e. The highest BCUT2D eigenvalue weighted by atomic mass is 16.2. The number of anilines is 1. The summed E-state index contributed by atoms with van der Waals surface area (Å²) in [7, 11) is 0. The molecule has 1 saturated heterocycles. The van der Waals surface area contributed by atoms with Gasteiger partial charge >= 0.3 is 0 Å². The van der Waals surface area contributed by atoms with Crippen LogP contribution in [0.1, 0.15) is 29.5 Å². The van der Waals surface area contributed by atoms with Crippen molar-refractivity contribution in [1.82, 2.24) is 4.90 Å². The van der Waals surface area contributed by atoms with Gasteiger partial charge in [0.25, 0.3) is 0 Å². The molecule has 2 aliphatic heterocycles. The molecular formula is C22H24N2O2. The second kappa shape index (κ2) is 6.94. The molecule has 0 radical (unpaired) electrons. The van der Waals surface area contributed by atoms with Crippen LogP contribution in [0.5, 0.6) is 0 Å². The minimum Gasteiger partial charge on any atom is -0.338 e. The number of likely N-dealkylation sites (tertiary alicyclic amines) is 1. The predicted molar refractivity (Wildman–Crippen MR) is 102 cm³/mol. The summed E-state index contributed by atoms with van der Waals surface area (Å²) in [6, 6.07) is 16.3. The molecule has 0 bridgehead atoms. The fourth-order valence-corrected chi connectivity index (χ4v) is 3.99. The summed E-state index contributed by atoms with van der Waals surface area (Å²) in [4.78, 5) is 29.3. The number of aryl methyl sites for hydroxylation is 2. The summed E-state index contributed by atoms with van der Waals surface area (Å²) in [6.07, 6.45) is 2.32. The highest BCUT2D eigenvalue weighted by Crippen LogP contribution is 2.30. The molecule has 0 aromatic heterocycles. The van der Waals surface area contributed by atoms with Crippen LogP contribution in [0.4, 0.5) is 5.69 Å². The molecule has 2 aromatic rings. The molecule has 4 heteroatoms. The quantitative estimate of drug-likeness (QED) is 0.854. The maximum absolute atomic E-state index is 13.1. The summed E-state index contributed by atoms with van der Waals surface area (Å²) >= 11 is 0. The molecule has 4 rings (SSSR count). The zero-order valence-corrected chi connectivity index (χ0v) is 15.1. The van der Waals surface area contributed by atoms with Crippen LogP contribution in [0.25, 0.3) is 0 Å². The molecule has 0 spiro atoms. The number of hydrogen-bond acceptors (Lipinski definition) is 2. The van der Waals surface area contributed by atoms with E-state index in [9.17, 15) is 9.59 Å². The first-order chi connectivity index (χ1) is 12.6. The van der Waals surface area contributed by atoms with Crippen molar-refractivity contribution in [3.05, 3.63) is 65.2 Å². The van der Waals surface area contributed by atoms with E-state index in [0.717, 1.165) is 30.6 Å². The average Bonchev–Trinajstić information content (AvgIpc) is 3.03. The van der Waals surface area contributed by atoms with Crippen LogP contribution in [0.3, 0.4) is 0 Å². The lowest BCUT2D eigenvalue weighted by Crippen LogP contribution is -2.40. The van der Waals surface area contributed by atoms with E-state index in [1.165, 1.54) is 11.1 Å². The van der Waals surface area contributed by atoms with E-state index < -0.39 is 0 Å². The summed E-state index contributed by atoms with van der Waals surface area (Å²) in [6.45, 7) is 3.90. The summed E-state index contributed by atoms with van der Waals surface area (Å²) in [5, 5.41) is 0. The number of benzene rings is 2. The summed E-state index contributed by atoms with van der Waals surface area (Å²) in [5.74, 6) is -0.0646. The van der Waals surface area contributed by atoms with E-state index in [1.807, 2.05) is 28.0 Å². The Morgan fingerprint density at radius 3 is 2.69 bits per heavy atom. The molecule has 1 unspecified atom stereocenters. The Kier molecular flexibility index (Phi) is 4.49. The molecule has 2 aliphatic rings. The van der Waals surface area contributed by atoms with E-state index in [2.05, 4.69) is 37.3 Å². The predicted octanol–water partition coefficient (Wildman–Crippen LogP) is 3.32. The number of fused-ring (bicyclic) bond motifs is 1. The van der Waals surface area contributed by atoms with Crippen LogP contribution in [0.15, 0.2) is 48.5 Å². The van der Waals surface area contributed by atoms with Gasteiger partial charge in [-0.1, -0.05) is 48.0 Å². The van der Waals surface area contributed by atoms with Gasteiger partial charge in [-0.3, -0.25) is 9.59 Å². The van der Waals surface area contributed by atoms with Crippen molar-refractivity contribution in [3.8, 4) is 0 Å². The van der Waals surface area contributed by atoms with Gasteiger partial charge in [0.15, 0.2) is 0 Å². The van der Waals surface area contributed by atoms with Gasteiger partial charge in [0, 0.05) is 31.7 Å². The van der Waals surface area contributed by atoms with Crippen LogP contribution < -0.4 is 4.90 Å². The SMILES string of the molecule is Cc1ccc(CN2CC(C(=O)N3CCCc4ccccc43)CC2=O)cc1. The Labute approximate surface area is 154 Å². The standard InChI is InChI=1S/C22H24N2O2/c1-16-8-10-17(11-9-16)14-23-15-19(13-21(23)25)22(26)24-12-4-6-18-5-2-3-7-20(18)24/h2-3,5,7-11,19H,4,6,12-15H2,1H3. The zero-order valence-electron chi connectivity index (χ0n) is 15.1. The van der Waals surface area contributed by atoms with Gasteiger partial charge in [-0.25, -0.2) is 0 Å². The number of nitrogens with zero attached hydrogens (tertiary/aromatic N) is 2. The number of hydrogen-bond donors (Lipinski definition) is 0. The molecule has 2 heterocycles. The van der Waals surface area contributed by atoms with E-state index >= 15 is 0 Å². The number of carbonyl (C=O) groups is 2. The van der Waals surface area contributed by atoms with Crippen molar-refractivity contribution in [2.24, 2.45) is 5.92 Å². The Hall–Kier alpha value is -2.62. The van der Waals surface area contributed by atoms with Crippen molar-refractivity contribution in [2.45, 2.75) is 32.7 Å². The average molecular weight is 348 g/mol. The first-order valence-corrected chi connectivity index (χ1v) is 9.34.